The molecular formula is C28H30N6O2. The van der Waals surface area contributed by atoms with E-state index in [1.807, 2.05) is 6.92 Å². The van der Waals surface area contributed by atoms with Crippen LogP contribution >= 0.6 is 0 Å². The SMILES string of the molecule is Cc1ccc(CN(C)CCN(C)C)cc1Nc1ncc(-c2ccc(C#N)c(-n3ccccc3=O)c2)o1. The summed E-state index contributed by atoms with van der Waals surface area (Å²) in [5.74, 6) is 0.532. The summed E-state index contributed by atoms with van der Waals surface area (Å²) in [6, 6.07) is 19.0. The summed E-state index contributed by atoms with van der Waals surface area (Å²) in [5.41, 5.74) is 4.60. The van der Waals surface area contributed by atoms with Crippen molar-refractivity contribution >= 4 is 11.7 Å². The van der Waals surface area contributed by atoms with E-state index in [2.05, 4.69) is 65.5 Å². The quantitative estimate of drug-likeness (QED) is 0.378. The highest BCUT2D eigenvalue weighted by Gasteiger charge is 2.13. The van der Waals surface area contributed by atoms with E-state index in [1.165, 1.54) is 16.2 Å². The van der Waals surface area contributed by atoms with Gasteiger partial charge in [-0.05, 0) is 69.5 Å². The van der Waals surface area contributed by atoms with E-state index in [0.29, 0.717) is 28.6 Å². The lowest BCUT2D eigenvalue weighted by Crippen LogP contribution is -2.28. The van der Waals surface area contributed by atoms with Crippen LogP contribution in [-0.2, 0) is 6.54 Å². The van der Waals surface area contributed by atoms with E-state index in [1.54, 1.807) is 42.7 Å². The number of hydrogen-bond acceptors (Lipinski definition) is 7. The van der Waals surface area contributed by atoms with Gasteiger partial charge in [0.25, 0.3) is 11.6 Å². The number of pyridine rings is 1. The van der Waals surface area contributed by atoms with Gasteiger partial charge < -0.3 is 19.5 Å². The van der Waals surface area contributed by atoms with E-state index in [4.69, 9.17) is 4.42 Å². The maximum atomic E-state index is 12.3. The summed E-state index contributed by atoms with van der Waals surface area (Å²) in [6.45, 7) is 4.86. The first kappa shape index (κ1) is 24.9. The van der Waals surface area contributed by atoms with Crippen LogP contribution < -0.4 is 10.9 Å². The van der Waals surface area contributed by atoms with Gasteiger partial charge in [0.1, 0.15) is 6.07 Å². The largest absolute Gasteiger partial charge is 0.423 e. The normalized spacial score (nSPS) is 11.1. The van der Waals surface area contributed by atoms with Crippen LogP contribution in [-0.4, -0.2) is 53.6 Å². The van der Waals surface area contributed by atoms with E-state index < -0.39 is 0 Å². The van der Waals surface area contributed by atoms with Gasteiger partial charge in [-0.2, -0.15) is 5.26 Å². The van der Waals surface area contributed by atoms with Crippen molar-refractivity contribution in [2.75, 3.05) is 39.5 Å². The van der Waals surface area contributed by atoms with Gasteiger partial charge in [-0.3, -0.25) is 9.36 Å². The first-order valence-electron chi connectivity index (χ1n) is 11.7. The molecule has 0 aliphatic heterocycles. The van der Waals surface area contributed by atoms with Crippen molar-refractivity contribution in [3.8, 4) is 23.1 Å². The number of nitrogens with one attached hydrogen (secondary N) is 1. The molecule has 4 rings (SSSR count). The number of aryl methyl sites for hydroxylation is 1. The van der Waals surface area contributed by atoms with Crippen LogP contribution in [0.3, 0.4) is 0 Å². The number of hydrogen-bond donors (Lipinski definition) is 1. The number of nitrogens with zero attached hydrogens (tertiary/aromatic N) is 5. The Morgan fingerprint density at radius 3 is 2.67 bits per heavy atom. The summed E-state index contributed by atoms with van der Waals surface area (Å²) in [4.78, 5) is 21.2. The molecule has 0 saturated carbocycles. The summed E-state index contributed by atoms with van der Waals surface area (Å²) in [7, 11) is 6.27. The zero-order chi connectivity index (χ0) is 25.7. The molecular weight excluding hydrogens is 452 g/mol. The van der Waals surface area contributed by atoms with Crippen LogP contribution in [0.15, 0.2) is 76.2 Å². The van der Waals surface area contributed by atoms with E-state index in [0.717, 1.165) is 30.9 Å². The van der Waals surface area contributed by atoms with Gasteiger partial charge >= 0.3 is 0 Å². The molecule has 0 aliphatic rings. The highest BCUT2D eigenvalue weighted by molar-refractivity contribution is 5.66. The molecule has 184 valence electrons. The van der Waals surface area contributed by atoms with E-state index >= 15 is 0 Å². The van der Waals surface area contributed by atoms with Crippen molar-refractivity contribution < 1.29 is 4.42 Å². The fourth-order valence-corrected chi connectivity index (χ4v) is 3.85. The van der Waals surface area contributed by atoms with Crippen LogP contribution in [0.1, 0.15) is 16.7 Å². The number of likely N-dealkylation sites (N-methyl/N-ethyl adjacent to an activating group) is 2. The molecule has 0 saturated heterocycles. The lowest BCUT2D eigenvalue weighted by Gasteiger charge is -2.20. The van der Waals surface area contributed by atoms with E-state index in [-0.39, 0.29) is 5.56 Å². The molecule has 0 aliphatic carbocycles. The smallest absolute Gasteiger partial charge is 0.299 e. The Morgan fingerprint density at radius 2 is 1.92 bits per heavy atom. The molecule has 0 bridgehead atoms. The van der Waals surface area contributed by atoms with Crippen LogP contribution in [0.25, 0.3) is 17.0 Å². The zero-order valence-corrected chi connectivity index (χ0v) is 21.0. The predicted molar refractivity (Wildman–Crippen MR) is 142 cm³/mol. The van der Waals surface area contributed by atoms with Crippen molar-refractivity contribution in [1.82, 2.24) is 19.4 Å². The fraction of sp³-hybridized carbons (Fsp3) is 0.250. The molecule has 0 radical (unpaired) electrons. The number of rotatable bonds is 9. The Morgan fingerprint density at radius 1 is 1.08 bits per heavy atom. The van der Waals surface area contributed by atoms with Gasteiger partial charge in [0.05, 0.1) is 17.4 Å². The lowest BCUT2D eigenvalue weighted by atomic mass is 10.1. The Kier molecular flexibility index (Phi) is 7.64. The predicted octanol–water partition coefficient (Wildman–Crippen LogP) is 4.41. The van der Waals surface area contributed by atoms with Crippen LogP contribution in [0, 0.1) is 18.3 Å². The topological polar surface area (TPSA) is 90.3 Å². The zero-order valence-electron chi connectivity index (χ0n) is 21.0. The average Bonchev–Trinajstić information content (AvgIpc) is 3.33. The third-order valence-electron chi connectivity index (χ3n) is 5.92. The average molecular weight is 483 g/mol. The Balaban J connectivity index is 1.55. The van der Waals surface area contributed by atoms with Crippen molar-refractivity contribution in [3.05, 3.63) is 94.0 Å². The molecule has 36 heavy (non-hydrogen) atoms. The second-order valence-electron chi connectivity index (χ2n) is 9.10. The highest BCUT2D eigenvalue weighted by Crippen LogP contribution is 2.28. The minimum Gasteiger partial charge on any atom is -0.423 e. The van der Waals surface area contributed by atoms with Crippen LogP contribution in [0.4, 0.5) is 11.7 Å². The molecule has 4 aromatic rings. The van der Waals surface area contributed by atoms with Crippen molar-refractivity contribution in [3.63, 3.8) is 0 Å². The molecule has 0 atom stereocenters. The minimum atomic E-state index is -0.214. The van der Waals surface area contributed by atoms with Gasteiger partial charge in [0, 0.05) is 43.1 Å². The third kappa shape index (κ3) is 5.89. The molecule has 0 amide bonds. The monoisotopic (exact) mass is 482 g/mol. The standard InChI is InChI=1S/C28H30N6O2/c1-20-8-9-21(19-33(4)14-13-32(2)3)15-24(20)31-28-30-18-26(36-28)22-10-11-23(17-29)25(16-22)34-12-6-5-7-27(34)35/h5-12,15-16,18H,13-14,19H2,1-4H3,(H,30,31). The number of oxazole rings is 1. The third-order valence-corrected chi connectivity index (χ3v) is 5.92. The minimum absolute atomic E-state index is 0.214. The molecule has 0 spiro atoms. The Hall–Kier alpha value is -4.19. The number of nitriles is 1. The molecule has 2 aromatic heterocycles. The van der Waals surface area contributed by atoms with Crippen molar-refractivity contribution in [2.45, 2.75) is 13.5 Å². The van der Waals surface area contributed by atoms with Gasteiger partial charge in [-0.25, -0.2) is 4.98 Å². The molecule has 8 nitrogen and oxygen atoms in total. The number of anilines is 2. The van der Waals surface area contributed by atoms with Crippen molar-refractivity contribution in [2.24, 2.45) is 0 Å². The molecule has 1 N–H and O–H groups in total. The Bertz CT molecular complexity index is 1450. The fourth-order valence-electron chi connectivity index (χ4n) is 3.85. The number of benzene rings is 2. The van der Waals surface area contributed by atoms with E-state index in [9.17, 15) is 10.1 Å². The highest BCUT2D eigenvalue weighted by atomic mass is 16.4. The van der Waals surface area contributed by atoms with Crippen LogP contribution in [0.5, 0.6) is 0 Å². The maximum Gasteiger partial charge on any atom is 0.299 e. The first-order valence-corrected chi connectivity index (χ1v) is 11.7. The lowest BCUT2D eigenvalue weighted by molar-refractivity contribution is 0.276. The summed E-state index contributed by atoms with van der Waals surface area (Å²) in [6.07, 6.45) is 3.28. The summed E-state index contributed by atoms with van der Waals surface area (Å²) < 4.78 is 7.45. The summed E-state index contributed by atoms with van der Waals surface area (Å²) in [5, 5.41) is 12.8. The van der Waals surface area contributed by atoms with Gasteiger partial charge in [-0.15, -0.1) is 0 Å². The Labute approximate surface area is 211 Å². The molecule has 0 unspecified atom stereocenters. The van der Waals surface area contributed by atoms with Gasteiger partial charge in [-0.1, -0.05) is 18.2 Å². The second-order valence-corrected chi connectivity index (χ2v) is 9.10. The van der Waals surface area contributed by atoms with Gasteiger partial charge in [0.15, 0.2) is 5.76 Å². The first-order chi connectivity index (χ1) is 17.3. The summed E-state index contributed by atoms with van der Waals surface area (Å²) >= 11 is 0. The maximum absolute atomic E-state index is 12.3. The molecule has 2 heterocycles. The molecule has 2 aromatic carbocycles. The molecule has 8 heteroatoms. The van der Waals surface area contributed by atoms with Gasteiger partial charge in [0.2, 0.25) is 0 Å². The second kappa shape index (κ2) is 11.0. The van der Waals surface area contributed by atoms with Crippen molar-refractivity contribution in [1.29, 1.82) is 5.26 Å². The number of aromatic nitrogens is 2. The van der Waals surface area contributed by atoms with Crippen LogP contribution in [0.2, 0.25) is 0 Å². The molecule has 0 fully saturated rings.